The number of ether oxygens (including phenoxy) is 1. The van der Waals surface area contributed by atoms with Gasteiger partial charge in [-0.1, -0.05) is 89.7 Å². The third-order valence-corrected chi connectivity index (χ3v) is 8.28. The van der Waals surface area contributed by atoms with Crippen LogP contribution in [0.5, 0.6) is 0 Å². The molecule has 0 saturated carbocycles. The van der Waals surface area contributed by atoms with Crippen LogP contribution in [0.4, 0.5) is 5.13 Å². The second kappa shape index (κ2) is 12.9. The molecule has 0 N–H and O–H groups in total. The van der Waals surface area contributed by atoms with Crippen LogP contribution in [0.2, 0.25) is 5.02 Å². The molecule has 1 fully saturated rings. The van der Waals surface area contributed by atoms with Crippen LogP contribution < -0.4 is 4.90 Å². The molecule has 3 aromatic carbocycles. The maximum absolute atomic E-state index is 14.0. The van der Waals surface area contributed by atoms with E-state index in [9.17, 15) is 4.79 Å². The van der Waals surface area contributed by atoms with Crippen molar-refractivity contribution in [2.24, 2.45) is 0 Å². The van der Waals surface area contributed by atoms with Crippen LogP contribution in [-0.4, -0.2) is 55.2 Å². The summed E-state index contributed by atoms with van der Waals surface area (Å²) in [6.07, 6.45) is 0.361. The zero-order chi connectivity index (χ0) is 24.9. The van der Waals surface area contributed by atoms with Crippen LogP contribution in [0.1, 0.15) is 29.0 Å². The minimum atomic E-state index is -0.0366. The largest absolute Gasteiger partial charge is 0.379 e. The summed E-state index contributed by atoms with van der Waals surface area (Å²) in [6.45, 7) is 6.60. The van der Waals surface area contributed by atoms with Gasteiger partial charge < -0.3 is 4.74 Å². The Kier molecular flexibility index (Phi) is 9.57. The number of amides is 1. The van der Waals surface area contributed by atoms with Crippen molar-refractivity contribution in [2.45, 2.75) is 19.3 Å². The number of aryl methyl sites for hydroxylation is 1. The summed E-state index contributed by atoms with van der Waals surface area (Å²) in [5, 5.41) is 1.38. The molecule has 1 aliphatic rings. The Hall–Kier alpha value is -2.48. The smallest absolute Gasteiger partial charge is 0.229 e. The van der Waals surface area contributed by atoms with Crippen LogP contribution in [0.15, 0.2) is 72.8 Å². The highest BCUT2D eigenvalue weighted by molar-refractivity contribution is 7.23. The predicted octanol–water partition coefficient (Wildman–Crippen LogP) is 6.57. The number of fused-ring (bicyclic) bond motifs is 1. The summed E-state index contributed by atoms with van der Waals surface area (Å²) in [5.41, 5.74) is 4.19. The SMILES string of the molecule is Cc1ccc(Cl)c2sc(N(CCN3CCOCC3)C(=O)CC(c3ccccc3)c3ccccc3)nc12.Cl. The molecule has 0 radical (unpaired) electrons. The molecular weight excluding hydrogens is 525 g/mol. The van der Waals surface area contributed by atoms with Crippen molar-refractivity contribution >= 4 is 56.6 Å². The van der Waals surface area contributed by atoms with Crippen molar-refractivity contribution in [1.29, 1.82) is 0 Å². The van der Waals surface area contributed by atoms with E-state index in [0.717, 1.165) is 59.8 Å². The van der Waals surface area contributed by atoms with E-state index in [-0.39, 0.29) is 24.2 Å². The molecule has 1 saturated heterocycles. The molecule has 0 unspecified atom stereocenters. The van der Waals surface area contributed by atoms with Crippen molar-refractivity contribution in [3.05, 3.63) is 94.5 Å². The number of aromatic nitrogens is 1. The summed E-state index contributed by atoms with van der Waals surface area (Å²) in [7, 11) is 0. The topological polar surface area (TPSA) is 45.7 Å². The van der Waals surface area contributed by atoms with Crippen molar-refractivity contribution in [3.8, 4) is 0 Å². The summed E-state index contributed by atoms with van der Waals surface area (Å²) in [5.74, 6) is 0.0271. The van der Waals surface area contributed by atoms with E-state index < -0.39 is 0 Å². The van der Waals surface area contributed by atoms with Gasteiger partial charge in [-0.15, -0.1) is 12.4 Å². The van der Waals surface area contributed by atoms with Gasteiger partial charge in [0.2, 0.25) is 5.91 Å². The minimum absolute atomic E-state index is 0. The highest BCUT2D eigenvalue weighted by Crippen LogP contribution is 2.37. The van der Waals surface area contributed by atoms with Crippen LogP contribution in [0, 0.1) is 6.92 Å². The summed E-state index contributed by atoms with van der Waals surface area (Å²) in [4.78, 5) is 23.2. The number of rotatable bonds is 8. The lowest BCUT2D eigenvalue weighted by atomic mass is 9.88. The molecule has 5 nitrogen and oxygen atoms in total. The van der Waals surface area contributed by atoms with E-state index in [1.165, 1.54) is 11.3 Å². The van der Waals surface area contributed by atoms with Gasteiger partial charge in [-0.25, -0.2) is 4.98 Å². The number of thiazole rings is 1. The Morgan fingerprint density at radius 3 is 2.24 bits per heavy atom. The molecule has 5 rings (SSSR count). The van der Waals surface area contributed by atoms with E-state index in [2.05, 4.69) is 29.2 Å². The average molecular weight is 557 g/mol. The van der Waals surface area contributed by atoms with Crippen LogP contribution in [-0.2, 0) is 9.53 Å². The van der Waals surface area contributed by atoms with Gasteiger partial charge in [-0.2, -0.15) is 0 Å². The van der Waals surface area contributed by atoms with E-state index in [1.54, 1.807) is 0 Å². The maximum atomic E-state index is 14.0. The number of carbonyl (C=O) groups excluding carboxylic acids is 1. The molecule has 194 valence electrons. The third-order valence-electron chi connectivity index (χ3n) is 6.74. The molecule has 0 atom stereocenters. The van der Waals surface area contributed by atoms with Crippen molar-refractivity contribution < 1.29 is 9.53 Å². The molecule has 2 heterocycles. The van der Waals surface area contributed by atoms with Crippen LogP contribution in [0.3, 0.4) is 0 Å². The number of hydrogen-bond acceptors (Lipinski definition) is 5. The number of hydrogen-bond donors (Lipinski definition) is 0. The minimum Gasteiger partial charge on any atom is -0.379 e. The van der Waals surface area contributed by atoms with E-state index in [0.29, 0.717) is 23.1 Å². The van der Waals surface area contributed by atoms with Gasteiger partial charge in [0.05, 0.1) is 28.5 Å². The van der Waals surface area contributed by atoms with Gasteiger partial charge in [0.1, 0.15) is 0 Å². The Morgan fingerprint density at radius 2 is 1.65 bits per heavy atom. The molecule has 4 aromatic rings. The lowest BCUT2D eigenvalue weighted by Crippen LogP contribution is -2.43. The normalized spacial score (nSPS) is 14.0. The standard InChI is InChI=1S/C29H30ClN3O2S.ClH/c1-21-12-13-25(30)28-27(21)31-29(36-28)33(15-14-32-16-18-35-19-17-32)26(34)20-24(22-8-4-2-5-9-22)23-10-6-3-7-11-23;/h2-13,24H,14-20H2,1H3;1H. The zero-order valence-electron chi connectivity index (χ0n) is 20.8. The second-order valence-corrected chi connectivity index (χ2v) is 10.5. The van der Waals surface area contributed by atoms with Gasteiger partial charge in [-0.3, -0.25) is 14.6 Å². The van der Waals surface area contributed by atoms with Gasteiger partial charge in [0, 0.05) is 38.5 Å². The lowest BCUT2D eigenvalue weighted by molar-refractivity contribution is -0.118. The average Bonchev–Trinajstić information content (AvgIpc) is 3.38. The molecule has 0 bridgehead atoms. The Balaban J connectivity index is 0.00000320. The lowest BCUT2D eigenvalue weighted by Gasteiger charge is -2.30. The first kappa shape index (κ1) is 27.6. The molecule has 8 heteroatoms. The number of halogens is 2. The summed E-state index contributed by atoms with van der Waals surface area (Å²) in [6, 6.07) is 24.4. The fourth-order valence-corrected chi connectivity index (χ4v) is 6.04. The molecule has 0 aliphatic carbocycles. The maximum Gasteiger partial charge on any atom is 0.229 e. The number of anilines is 1. The molecule has 1 amide bonds. The first-order valence-electron chi connectivity index (χ1n) is 12.4. The zero-order valence-corrected chi connectivity index (χ0v) is 23.2. The molecular formula is C29H31Cl2N3O2S. The number of carbonyl (C=O) groups is 1. The first-order valence-corrected chi connectivity index (χ1v) is 13.6. The predicted molar refractivity (Wildman–Crippen MR) is 156 cm³/mol. The number of benzene rings is 3. The monoisotopic (exact) mass is 555 g/mol. The van der Waals surface area contributed by atoms with Gasteiger partial charge in [0.25, 0.3) is 0 Å². The van der Waals surface area contributed by atoms with Gasteiger partial charge in [0.15, 0.2) is 5.13 Å². The quantitative estimate of drug-likeness (QED) is 0.246. The number of morpholine rings is 1. The highest BCUT2D eigenvalue weighted by atomic mass is 35.5. The van der Waals surface area contributed by atoms with E-state index >= 15 is 0 Å². The van der Waals surface area contributed by atoms with E-state index in [4.69, 9.17) is 21.3 Å². The Bertz CT molecular complexity index is 1230. The second-order valence-electron chi connectivity index (χ2n) is 9.12. The third kappa shape index (κ3) is 6.51. The Labute approximate surface area is 233 Å². The molecule has 0 spiro atoms. The van der Waals surface area contributed by atoms with Crippen LogP contribution in [0.25, 0.3) is 10.2 Å². The van der Waals surface area contributed by atoms with Gasteiger partial charge in [-0.05, 0) is 29.7 Å². The van der Waals surface area contributed by atoms with Crippen molar-refractivity contribution in [3.63, 3.8) is 0 Å². The Morgan fingerprint density at radius 1 is 1.03 bits per heavy atom. The molecule has 1 aromatic heterocycles. The van der Waals surface area contributed by atoms with Crippen LogP contribution >= 0.6 is 35.3 Å². The summed E-state index contributed by atoms with van der Waals surface area (Å²) < 4.78 is 6.44. The van der Waals surface area contributed by atoms with Crippen molar-refractivity contribution in [1.82, 2.24) is 9.88 Å². The molecule has 1 aliphatic heterocycles. The fourth-order valence-electron chi connectivity index (χ4n) is 4.68. The first-order chi connectivity index (χ1) is 17.6. The fraction of sp³-hybridized carbons (Fsp3) is 0.310. The van der Waals surface area contributed by atoms with E-state index in [1.807, 2.05) is 60.4 Å². The summed E-state index contributed by atoms with van der Waals surface area (Å²) >= 11 is 8.01. The van der Waals surface area contributed by atoms with Gasteiger partial charge >= 0.3 is 0 Å². The molecule has 37 heavy (non-hydrogen) atoms. The highest BCUT2D eigenvalue weighted by Gasteiger charge is 2.26. The number of nitrogens with zero attached hydrogens (tertiary/aromatic N) is 3. The van der Waals surface area contributed by atoms with Crippen molar-refractivity contribution in [2.75, 3.05) is 44.3 Å².